The van der Waals surface area contributed by atoms with E-state index < -0.39 is 10.0 Å². The molecule has 1 aliphatic rings. The average molecular weight is 361 g/mol. The predicted octanol–water partition coefficient (Wildman–Crippen LogP) is 3.20. The van der Waals surface area contributed by atoms with Crippen LogP contribution in [0.5, 0.6) is 0 Å². The molecule has 1 aliphatic carbocycles. The number of nitrogens with two attached hydrogens (primary N) is 1. The number of anilines is 1. The van der Waals surface area contributed by atoms with Gasteiger partial charge in [0.05, 0.1) is 4.90 Å². The standard InChI is InChI=1S/C14H21BrN2O2S/c1-3-4-14(5-6-14)9-17-20(18,19)13-8-12(16)11(15)7-10(13)2/h7-8,17H,3-6,9,16H2,1-2H3. The maximum Gasteiger partial charge on any atom is 0.240 e. The number of hydrogen-bond acceptors (Lipinski definition) is 3. The van der Waals surface area contributed by atoms with Gasteiger partial charge in [-0.05, 0) is 65.2 Å². The molecule has 1 fully saturated rings. The summed E-state index contributed by atoms with van der Waals surface area (Å²) in [5.41, 5.74) is 7.11. The van der Waals surface area contributed by atoms with E-state index in [4.69, 9.17) is 5.73 Å². The minimum atomic E-state index is -3.49. The molecular formula is C14H21BrN2O2S. The lowest BCUT2D eigenvalue weighted by molar-refractivity contribution is 0.449. The highest BCUT2D eigenvalue weighted by molar-refractivity contribution is 9.10. The number of benzene rings is 1. The van der Waals surface area contributed by atoms with E-state index in [2.05, 4.69) is 27.6 Å². The number of aryl methyl sites for hydroxylation is 1. The van der Waals surface area contributed by atoms with E-state index in [-0.39, 0.29) is 10.3 Å². The second-order valence-corrected chi connectivity index (χ2v) is 8.30. The van der Waals surface area contributed by atoms with Gasteiger partial charge in [0, 0.05) is 16.7 Å². The minimum absolute atomic E-state index is 0.191. The molecule has 20 heavy (non-hydrogen) atoms. The molecule has 0 bridgehead atoms. The SMILES string of the molecule is CCCC1(CNS(=O)(=O)c2cc(N)c(Br)cc2C)CC1. The maximum atomic E-state index is 12.4. The molecule has 1 saturated carbocycles. The zero-order valence-corrected chi connectivity index (χ0v) is 14.3. The van der Waals surface area contributed by atoms with E-state index in [1.165, 1.54) is 6.07 Å². The van der Waals surface area contributed by atoms with Gasteiger partial charge in [-0.15, -0.1) is 0 Å². The molecule has 112 valence electrons. The highest BCUT2D eigenvalue weighted by atomic mass is 79.9. The van der Waals surface area contributed by atoms with Gasteiger partial charge in [0.1, 0.15) is 0 Å². The van der Waals surface area contributed by atoms with Crippen molar-refractivity contribution in [3.05, 3.63) is 22.2 Å². The second-order valence-electron chi connectivity index (χ2n) is 5.71. The number of rotatable bonds is 6. The van der Waals surface area contributed by atoms with Crippen LogP contribution >= 0.6 is 15.9 Å². The smallest absolute Gasteiger partial charge is 0.240 e. The Balaban J connectivity index is 2.17. The summed E-state index contributed by atoms with van der Waals surface area (Å²) in [5.74, 6) is 0. The molecule has 0 heterocycles. The molecule has 0 unspecified atom stereocenters. The molecule has 0 atom stereocenters. The average Bonchev–Trinajstić information content (AvgIpc) is 3.12. The summed E-state index contributed by atoms with van der Waals surface area (Å²) in [6, 6.07) is 3.25. The summed E-state index contributed by atoms with van der Waals surface area (Å²) in [6.45, 7) is 4.43. The lowest BCUT2D eigenvalue weighted by atomic mass is 10.0. The molecule has 0 aliphatic heterocycles. The third-order valence-corrected chi connectivity index (χ3v) is 6.19. The van der Waals surface area contributed by atoms with Crippen LogP contribution in [0.1, 0.15) is 38.2 Å². The van der Waals surface area contributed by atoms with E-state index in [1.807, 2.05) is 0 Å². The van der Waals surface area contributed by atoms with Crippen molar-refractivity contribution in [1.82, 2.24) is 4.72 Å². The molecule has 1 aromatic rings. The number of nitrogens with one attached hydrogen (secondary N) is 1. The van der Waals surface area contributed by atoms with E-state index in [0.717, 1.165) is 30.2 Å². The Labute approximate surface area is 129 Å². The van der Waals surface area contributed by atoms with Gasteiger partial charge in [0.15, 0.2) is 0 Å². The predicted molar refractivity (Wildman–Crippen MR) is 85.1 cm³/mol. The largest absolute Gasteiger partial charge is 0.398 e. The quantitative estimate of drug-likeness (QED) is 0.765. The van der Waals surface area contributed by atoms with Crippen molar-refractivity contribution in [3.63, 3.8) is 0 Å². The Hall–Kier alpha value is -0.590. The highest BCUT2D eigenvalue weighted by Gasteiger charge is 2.42. The number of hydrogen-bond donors (Lipinski definition) is 2. The fraction of sp³-hybridized carbons (Fsp3) is 0.571. The Morgan fingerprint density at radius 2 is 2.05 bits per heavy atom. The molecule has 3 N–H and O–H groups in total. The Morgan fingerprint density at radius 1 is 1.40 bits per heavy atom. The highest BCUT2D eigenvalue weighted by Crippen LogP contribution is 2.49. The fourth-order valence-corrected chi connectivity index (χ4v) is 4.38. The Morgan fingerprint density at radius 3 is 2.60 bits per heavy atom. The summed E-state index contributed by atoms with van der Waals surface area (Å²) >= 11 is 3.31. The van der Waals surface area contributed by atoms with Gasteiger partial charge in [-0.3, -0.25) is 0 Å². The topological polar surface area (TPSA) is 72.2 Å². The van der Waals surface area contributed by atoms with Crippen molar-refractivity contribution < 1.29 is 8.42 Å². The third-order valence-electron chi connectivity index (χ3n) is 3.96. The van der Waals surface area contributed by atoms with E-state index >= 15 is 0 Å². The monoisotopic (exact) mass is 360 g/mol. The lowest BCUT2D eigenvalue weighted by Gasteiger charge is -2.16. The number of nitrogen functional groups attached to an aromatic ring is 1. The van der Waals surface area contributed by atoms with Crippen LogP contribution < -0.4 is 10.5 Å². The minimum Gasteiger partial charge on any atom is -0.398 e. The van der Waals surface area contributed by atoms with Crippen LogP contribution in [0.25, 0.3) is 0 Å². The second kappa shape index (κ2) is 5.66. The van der Waals surface area contributed by atoms with E-state index in [1.54, 1.807) is 13.0 Å². The van der Waals surface area contributed by atoms with Crippen LogP contribution in [0, 0.1) is 12.3 Å². The van der Waals surface area contributed by atoms with Crippen molar-refractivity contribution in [2.24, 2.45) is 5.41 Å². The maximum absolute atomic E-state index is 12.4. The van der Waals surface area contributed by atoms with Crippen molar-refractivity contribution in [1.29, 1.82) is 0 Å². The molecule has 0 spiro atoms. The van der Waals surface area contributed by atoms with Crippen molar-refractivity contribution >= 4 is 31.6 Å². The first kappa shape index (κ1) is 15.8. The van der Waals surface area contributed by atoms with Gasteiger partial charge in [-0.2, -0.15) is 0 Å². The van der Waals surface area contributed by atoms with Gasteiger partial charge in [-0.25, -0.2) is 13.1 Å². The summed E-state index contributed by atoms with van der Waals surface area (Å²) in [6.07, 6.45) is 4.40. The van der Waals surface area contributed by atoms with Crippen molar-refractivity contribution in [3.8, 4) is 0 Å². The fourth-order valence-electron chi connectivity index (χ4n) is 2.51. The van der Waals surface area contributed by atoms with Crippen molar-refractivity contribution in [2.75, 3.05) is 12.3 Å². The molecular weight excluding hydrogens is 340 g/mol. The van der Waals surface area contributed by atoms with Crippen LogP contribution in [-0.4, -0.2) is 15.0 Å². The normalized spacial score (nSPS) is 17.1. The summed E-state index contributed by atoms with van der Waals surface area (Å²) in [4.78, 5) is 0.269. The summed E-state index contributed by atoms with van der Waals surface area (Å²) in [5, 5.41) is 0. The molecule has 2 rings (SSSR count). The molecule has 6 heteroatoms. The molecule has 4 nitrogen and oxygen atoms in total. The van der Waals surface area contributed by atoms with Crippen LogP contribution in [-0.2, 0) is 10.0 Å². The first-order valence-electron chi connectivity index (χ1n) is 6.85. The lowest BCUT2D eigenvalue weighted by Crippen LogP contribution is -2.30. The van der Waals surface area contributed by atoms with Gasteiger partial charge >= 0.3 is 0 Å². The zero-order valence-electron chi connectivity index (χ0n) is 11.9. The van der Waals surface area contributed by atoms with Crippen LogP contribution in [0.3, 0.4) is 0 Å². The van der Waals surface area contributed by atoms with Gasteiger partial charge in [0.2, 0.25) is 10.0 Å². The first-order chi connectivity index (χ1) is 9.30. The van der Waals surface area contributed by atoms with Crippen molar-refractivity contribution in [2.45, 2.75) is 44.4 Å². The van der Waals surface area contributed by atoms with Gasteiger partial charge in [0.25, 0.3) is 0 Å². The Bertz CT molecular complexity index is 610. The summed E-state index contributed by atoms with van der Waals surface area (Å²) < 4.78 is 28.3. The molecule has 0 saturated heterocycles. The van der Waals surface area contributed by atoms with Crippen LogP contribution in [0.15, 0.2) is 21.5 Å². The molecule has 1 aromatic carbocycles. The van der Waals surface area contributed by atoms with E-state index in [9.17, 15) is 8.42 Å². The van der Waals surface area contributed by atoms with Gasteiger partial charge < -0.3 is 5.73 Å². The zero-order chi connectivity index (χ0) is 15.0. The molecule has 0 radical (unpaired) electrons. The number of halogens is 1. The van der Waals surface area contributed by atoms with Crippen LogP contribution in [0.2, 0.25) is 0 Å². The third kappa shape index (κ3) is 3.35. The first-order valence-corrected chi connectivity index (χ1v) is 9.12. The molecule has 0 aromatic heterocycles. The Kier molecular flexibility index (Phi) is 4.47. The summed E-state index contributed by atoms with van der Waals surface area (Å²) in [7, 11) is -3.49. The van der Waals surface area contributed by atoms with Crippen LogP contribution in [0.4, 0.5) is 5.69 Å². The number of sulfonamides is 1. The van der Waals surface area contributed by atoms with E-state index in [0.29, 0.717) is 17.8 Å². The van der Waals surface area contributed by atoms with Gasteiger partial charge in [-0.1, -0.05) is 13.3 Å². The molecule has 0 amide bonds.